The lowest BCUT2D eigenvalue weighted by Gasteiger charge is -2.14. The van der Waals surface area contributed by atoms with Gasteiger partial charge < -0.3 is 14.6 Å². The second kappa shape index (κ2) is 8.88. The zero-order valence-electron chi connectivity index (χ0n) is 14.5. The number of aliphatic hydroxyl groups excluding tert-OH is 1. The monoisotopic (exact) mass is 346 g/mol. The number of hydrogen-bond donors (Lipinski definition) is 1. The van der Waals surface area contributed by atoms with E-state index in [0.29, 0.717) is 30.3 Å². The Hall–Kier alpha value is -3.04. The molecule has 0 amide bonds. The molecule has 132 valence electrons. The number of hydrogen-bond acceptors (Lipinski definition) is 3. The molecule has 3 rings (SSSR count). The normalized spacial score (nSPS) is 11.6. The first-order valence-corrected chi connectivity index (χ1v) is 8.53. The van der Waals surface area contributed by atoms with Crippen LogP contribution in [-0.2, 0) is 13.2 Å². The predicted molar refractivity (Wildman–Crippen MR) is 103 cm³/mol. The molecule has 0 saturated heterocycles. The van der Waals surface area contributed by atoms with E-state index in [1.807, 2.05) is 78.9 Å². The van der Waals surface area contributed by atoms with E-state index in [1.54, 1.807) is 0 Å². The highest BCUT2D eigenvalue weighted by Gasteiger charge is 2.09. The molecule has 3 heteroatoms. The van der Waals surface area contributed by atoms with Crippen molar-refractivity contribution in [2.75, 3.05) is 0 Å². The summed E-state index contributed by atoms with van der Waals surface area (Å²) in [7, 11) is 0. The van der Waals surface area contributed by atoms with Gasteiger partial charge in [-0.1, -0.05) is 66.7 Å². The van der Waals surface area contributed by atoms with E-state index in [9.17, 15) is 5.11 Å². The van der Waals surface area contributed by atoms with Gasteiger partial charge in [0.05, 0.1) is 6.10 Å². The van der Waals surface area contributed by atoms with Gasteiger partial charge in [0.15, 0.2) is 0 Å². The molecule has 0 spiro atoms. The highest BCUT2D eigenvalue weighted by atomic mass is 16.5. The second-order valence-electron chi connectivity index (χ2n) is 5.97. The summed E-state index contributed by atoms with van der Waals surface area (Å²) < 4.78 is 11.8. The summed E-state index contributed by atoms with van der Waals surface area (Å²) in [4.78, 5) is 0. The molecular formula is C23H22O3. The molecule has 0 bridgehead atoms. The average molecular weight is 346 g/mol. The molecule has 0 radical (unpaired) electrons. The Morgan fingerprint density at radius 2 is 1.23 bits per heavy atom. The van der Waals surface area contributed by atoms with Gasteiger partial charge in [0.1, 0.15) is 24.7 Å². The fourth-order valence-electron chi connectivity index (χ4n) is 2.55. The lowest BCUT2D eigenvalue weighted by Crippen LogP contribution is -2.01. The van der Waals surface area contributed by atoms with E-state index in [4.69, 9.17) is 9.47 Å². The molecule has 3 aromatic carbocycles. The molecular weight excluding hydrogens is 324 g/mol. The van der Waals surface area contributed by atoms with Crippen LogP contribution in [-0.4, -0.2) is 5.11 Å². The number of rotatable bonds is 8. The fraction of sp³-hybridized carbons (Fsp3) is 0.130. The summed E-state index contributed by atoms with van der Waals surface area (Å²) in [6.07, 6.45) is 0.714. The SMILES string of the molecule is C=CC(O)c1cc(OCc2ccccc2)cc(OCc2ccccc2)c1. The van der Waals surface area contributed by atoms with Crippen molar-refractivity contribution in [1.29, 1.82) is 0 Å². The number of ether oxygens (including phenoxy) is 2. The number of benzene rings is 3. The van der Waals surface area contributed by atoms with Gasteiger partial charge in [-0.2, -0.15) is 0 Å². The summed E-state index contributed by atoms with van der Waals surface area (Å²) in [6, 6.07) is 25.3. The minimum absolute atomic E-state index is 0.451. The van der Waals surface area contributed by atoms with Crippen molar-refractivity contribution in [2.45, 2.75) is 19.3 Å². The maximum atomic E-state index is 10.1. The van der Waals surface area contributed by atoms with Crippen LogP contribution >= 0.6 is 0 Å². The fourth-order valence-corrected chi connectivity index (χ4v) is 2.55. The van der Waals surface area contributed by atoms with Crippen molar-refractivity contribution in [2.24, 2.45) is 0 Å². The molecule has 1 N–H and O–H groups in total. The molecule has 3 aromatic rings. The van der Waals surface area contributed by atoms with Crippen LogP contribution in [0.25, 0.3) is 0 Å². The van der Waals surface area contributed by atoms with Gasteiger partial charge in [-0.3, -0.25) is 0 Å². The van der Waals surface area contributed by atoms with Crippen LogP contribution in [0.15, 0.2) is 91.5 Å². The van der Waals surface area contributed by atoms with Gasteiger partial charge in [-0.05, 0) is 28.8 Å². The molecule has 0 aliphatic carbocycles. The Bertz CT molecular complexity index is 767. The standard InChI is InChI=1S/C23H22O3/c1-2-23(24)20-13-21(25-16-18-9-5-3-6-10-18)15-22(14-20)26-17-19-11-7-4-8-12-19/h2-15,23-24H,1,16-17H2. The van der Waals surface area contributed by atoms with Gasteiger partial charge in [0, 0.05) is 6.07 Å². The zero-order chi connectivity index (χ0) is 18.2. The molecule has 1 atom stereocenters. The third-order valence-electron chi connectivity index (χ3n) is 3.96. The largest absolute Gasteiger partial charge is 0.489 e. The first-order chi connectivity index (χ1) is 12.7. The topological polar surface area (TPSA) is 38.7 Å². The second-order valence-corrected chi connectivity index (χ2v) is 5.97. The van der Waals surface area contributed by atoms with Gasteiger partial charge in [-0.15, -0.1) is 6.58 Å². The summed E-state index contributed by atoms with van der Waals surface area (Å²) >= 11 is 0. The Morgan fingerprint density at radius 3 is 1.65 bits per heavy atom. The Balaban J connectivity index is 1.75. The van der Waals surface area contributed by atoms with Gasteiger partial charge in [0.25, 0.3) is 0 Å². The molecule has 0 fully saturated rings. The molecule has 0 aromatic heterocycles. The van der Waals surface area contributed by atoms with Crippen molar-refractivity contribution in [3.8, 4) is 11.5 Å². The van der Waals surface area contributed by atoms with Crippen molar-refractivity contribution < 1.29 is 14.6 Å². The van der Waals surface area contributed by atoms with Crippen LogP contribution in [0.5, 0.6) is 11.5 Å². The number of aliphatic hydroxyl groups is 1. The summed E-state index contributed by atoms with van der Waals surface area (Å²) in [5.41, 5.74) is 2.84. The smallest absolute Gasteiger partial charge is 0.123 e. The maximum Gasteiger partial charge on any atom is 0.123 e. The van der Waals surface area contributed by atoms with Gasteiger partial charge >= 0.3 is 0 Å². The first kappa shape index (κ1) is 17.8. The van der Waals surface area contributed by atoms with E-state index in [1.165, 1.54) is 6.08 Å². The Kier molecular flexibility index (Phi) is 6.07. The highest BCUT2D eigenvalue weighted by Crippen LogP contribution is 2.28. The third kappa shape index (κ3) is 4.98. The van der Waals surface area contributed by atoms with Gasteiger partial charge in [-0.25, -0.2) is 0 Å². The first-order valence-electron chi connectivity index (χ1n) is 8.53. The van der Waals surface area contributed by atoms with E-state index >= 15 is 0 Å². The van der Waals surface area contributed by atoms with Crippen LogP contribution in [0.1, 0.15) is 22.8 Å². The predicted octanol–water partition coefficient (Wildman–Crippen LogP) is 5.06. The summed E-state index contributed by atoms with van der Waals surface area (Å²) in [5, 5.41) is 10.1. The Morgan fingerprint density at radius 1 is 0.769 bits per heavy atom. The van der Waals surface area contributed by atoms with E-state index < -0.39 is 6.10 Å². The van der Waals surface area contributed by atoms with E-state index in [0.717, 1.165) is 11.1 Å². The van der Waals surface area contributed by atoms with Crippen molar-refractivity contribution >= 4 is 0 Å². The minimum atomic E-state index is -0.769. The minimum Gasteiger partial charge on any atom is -0.489 e. The molecule has 1 unspecified atom stereocenters. The quantitative estimate of drug-likeness (QED) is 0.579. The van der Waals surface area contributed by atoms with E-state index in [-0.39, 0.29) is 0 Å². The van der Waals surface area contributed by atoms with Crippen LogP contribution in [0.4, 0.5) is 0 Å². The van der Waals surface area contributed by atoms with Crippen LogP contribution in [0.2, 0.25) is 0 Å². The highest BCUT2D eigenvalue weighted by molar-refractivity contribution is 5.40. The molecule has 26 heavy (non-hydrogen) atoms. The lowest BCUT2D eigenvalue weighted by molar-refractivity contribution is 0.226. The Labute approximate surface area is 154 Å². The van der Waals surface area contributed by atoms with Crippen LogP contribution in [0.3, 0.4) is 0 Å². The maximum absolute atomic E-state index is 10.1. The molecule has 0 heterocycles. The van der Waals surface area contributed by atoms with Crippen molar-refractivity contribution in [3.05, 3.63) is 108 Å². The molecule has 0 aliphatic rings. The zero-order valence-corrected chi connectivity index (χ0v) is 14.5. The van der Waals surface area contributed by atoms with Crippen molar-refractivity contribution in [1.82, 2.24) is 0 Å². The summed E-state index contributed by atoms with van der Waals surface area (Å²) in [6.45, 7) is 4.55. The summed E-state index contributed by atoms with van der Waals surface area (Å²) in [5.74, 6) is 1.30. The van der Waals surface area contributed by atoms with Crippen LogP contribution in [0, 0.1) is 0 Å². The molecule has 0 aliphatic heterocycles. The third-order valence-corrected chi connectivity index (χ3v) is 3.96. The molecule has 0 saturated carbocycles. The lowest BCUT2D eigenvalue weighted by atomic mass is 10.1. The average Bonchev–Trinajstić information content (AvgIpc) is 2.71. The van der Waals surface area contributed by atoms with Crippen LogP contribution < -0.4 is 9.47 Å². The van der Waals surface area contributed by atoms with Crippen molar-refractivity contribution in [3.63, 3.8) is 0 Å². The molecule has 3 nitrogen and oxygen atoms in total. The van der Waals surface area contributed by atoms with Gasteiger partial charge in [0.2, 0.25) is 0 Å². The van der Waals surface area contributed by atoms with E-state index in [2.05, 4.69) is 6.58 Å².